The van der Waals surface area contributed by atoms with Crippen molar-refractivity contribution in [2.45, 2.75) is 30.6 Å². The molecule has 0 atom stereocenters. The van der Waals surface area contributed by atoms with E-state index < -0.39 is 10.0 Å². The van der Waals surface area contributed by atoms with E-state index in [2.05, 4.69) is 35.7 Å². The Morgan fingerprint density at radius 2 is 1.47 bits per heavy atom. The van der Waals surface area contributed by atoms with Gasteiger partial charge in [-0.2, -0.15) is 0 Å². The van der Waals surface area contributed by atoms with Crippen LogP contribution in [0.4, 0.5) is 11.5 Å². The second-order valence-corrected chi connectivity index (χ2v) is 9.91. The zero-order chi connectivity index (χ0) is 21.0. The van der Waals surface area contributed by atoms with E-state index in [-0.39, 0.29) is 4.90 Å². The van der Waals surface area contributed by atoms with Crippen molar-refractivity contribution in [1.29, 1.82) is 0 Å². The Balaban J connectivity index is 1.46. The maximum absolute atomic E-state index is 12.5. The van der Waals surface area contributed by atoms with Gasteiger partial charge in [0.2, 0.25) is 0 Å². The Morgan fingerprint density at radius 1 is 0.800 bits per heavy atom. The van der Waals surface area contributed by atoms with Gasteiger partial charge in [-0.25, -0.2) is 8.42 Å². The summed E-state index contributed by atoms with van der Waals surface area (Å²) in [5.74, 6) is 0.916. The van der Waals surface area contributed by atoms with E-state index in [0.717, 1.165) is 34.6 Å². The summed E-state index contributed by atoms with van der Waals surface area (Å²) < 4.78 is 28.5. The molecule has 30 heavy (non-hydrogen) atoms. The fourth-order valence-electron chi connectivity index (χ4n) is 3.48. The number of nitrogens with one attached hydrogen (secondary N) is 1. The Labute approximate surface area is 185 Å². The molecule has 1 aromatic heterocycles. The second kappa shape index (κ2) is 9.14. The molecular formula is C22H23BrN4O2S. The lowest BCUT2D eigenvalue weighted by Gasteiger charge is -2.20. The van der Waals surface area contributed by atoms with Crippen molar-refractivity contribution >= 4 is 37.5 Å². The maximum Gasteiger partial charge on any atom is 0.261 e. The topological polar surface area (TPSA) is 75.2 Å². The fourth-order valence-corrected chi connectivity index (χ4v) is 4.81. The molecule has 0 bridgehead atoms. The van der Waals surface area contributed by atoms with Gasteiger partial charge in [0.15, 0.2) is 5.82 Å². The van der Waals surface area contributed by atoms with Crippen LogP contribution in [0.5, 0.6) is 0 Å². The highest BCUT2D eigenvalue weighted by molar-refractivity contribution is 9.10. The number of halogens is 1. The monoisotopic (exact) mass is 486 g/mol. The van der Waals surface area contributed by atoms with Crippen LogP contribution in [-0.2, 0) is 10.0 Å². The molecule has 1 aliphatic rings. The van der Waals surface area contributed by atoms with Gasteiger partial charge in [-0.3, -0.25) is 4.72 Å². The second-order valence-electron chi connectivity index (χ2n) is 7.31. The highest BCUT2D eigenvalue weighted by Crippen LogP contribution is 2.24. The van der Waals surface area contributed by atoms with Gasteiger partial charge in [0.1, 0.15) is 0 Å². The van der Waals surface area contributed by atoms with Gasteiger partial charge in [0.25, 0.3) is 10.0 Å². The standard InChI is InChI=1S/C22H23BrN4O2S/c23-18-7-11-20(12-8-18)30(28,29)26-19-9-5-17(6-10-19)21-13-14-22(25-24-21)27-15-3-1-2-4-16-27/h5-14,26H,1-4,15-16H2. The molecule has 3 aromatic rings. The fraction of sp³-hybridized carbons (Fsp3) is 0.273. The molecule has 1 fully saturated rings. The predicted molar refractivity (Wildman–Crippen MR) is 123 cm³/mol. The molecule has 0 spiro atoms. The summed E-state index contributed by atoms with van der Waals surface area (Å²) in [6.45, 7) is 2.06. The van der Waals surface area contributed by atoms with Crippen molar-refractivity contribution in [2.24, 2.45) is 0 Å². The van der Waals surface area contributed by atoms with Crippen LogP contribution in [0.25, 0.3) is 11.3 Å². The summed E-state index contributed by atoms with van der Waals surface area (Å²) in [5.41, 5.74) is 2.14. The van der Waals surface area contributed by atoms with Crippen LogP contribution in [0.1, 0.15) is 25.7 Å². The third kappa shape index (κ3) is 4.99. The molecule has 4 rings (SSSR count). The number of hydrogen-bond donors (Lipinski definition) is 1. The Hall–Kier alpha value is -2.45. The van der Waals surface area contributed by atoms with Gasteiger partial charge in [-0.15, -0.1) is 10.2 Å². The lowest BCUT2D eigenvalue weighted by atomic mass is 10.1. The third-order valence-corrected chi connectivity index (χ3v) is 7.06. The molecule has 156 valence electrons. The van der Waals surface area contributed by atoms with Gasteiger partial charge in [0, 0.05) is 28.8 Å². The Bertz CT molecular complexity index is 1080. The van der Waals surface area contributed by atoms with E-state index in [0.29, 0.717) is 5.69 Å². The van der Waals surface area contributed by atoms with E-state index in [1.807, 2.05) is 24.3 Å². The van der Waals surface area contributed by atoms with Gasteiger partial charge < -0.3 is 4.90 Å². The highest BCUT2D eigenvalue weighted by atomic mass is 79.9. The summed E-state index contributed by atoms with van der Waals surface area (Å²) in [6.07, 6.45) is 4.95. The number of hydrogen-bond acceptors (Lipinski definition) is 5. The van der Waals surface area contributed by atoms with Crippen LogP contribution in [0.3, 0.4) is 0 Å². The van der Waals surface area contributed by atoms with Crippen LogP contribution in [0, 0.1) is 0 Å². The molecule has 2 heterocycles. The van der Waals surface area contributed by atoms with Gasteiger partial charge in [-0.1, -0.05) is 40.9 Å². The molecule has 0 radical (unpaired) electrons. The van der Waals surface area contributed by atoms with Crippen molar-refractivity contribution in [3.8, 4) is 11.3 Å². The lowest BCUT2D eigenvalue weighted by Crippen LogP contribution is -2.25. The van der Waals surface area contributed by atoms with Crippen molar-refractivity contribution in [3.63, 3.8) is 0 Å². The van der Waals surface area contributed by atoms with Gasteiger partial charge in [-0.05, 0) is 61.4 Å². The number of sulfonamides is 1. The molecular weight excluding hydrogens is 464 g/mol. The SMILES string of the molecule is O=S(=O)(Nc1ccc(-c2ccc(N3CCCCCC3)nn2)cc1)c1ccc(Br)cc1. The number of nitrogens with zero attached hydrogens (tertiary/aromatic N) is 3. The van der Waals surface area contributed by atoms with Crippen molar-refractivity contribution in [1.82, 2.24) is 10.2 Å². The van der Waals surface area contributed by atoms with Crippen LogP contribution < -0.4 is 9.62 Å². The van der Waals surface area contributed by atoms with E-state index in [9.17, 15) is 8.42 Å². The molecule has 0 unspecified atom stereocenters. The summed E-state index contributed by atoms with van der Waals surface area (Å²) >= 11 is 3.31. The quantitative estimate of drug-likeness (QED) is 0.543. The van der Waals surface area contributed by atoms with E-state index in [1.54, 1.807) is 36.4 Å². The number of rotatable bonds is 5. The Morgan fingerprint density at radius 3 is 2.07 bits per heavy atom. The van der Waals surface area contributed by atoms with Crippen LogP contribution in [0.15, 0.2) is 70.0 Å². The van der Waals surface area contributed by atoms with Gasteiger partial charge >= 0.3 is 0 Å². The van der Waals surface area contributed by atoms with Gasteiger partial charge in [0.05, 0.1) is 10.6 Å². The van der Waals surface area contributed by atoms with Crippen LogP contribution >= 0.6 is 15.9 Å². The minimum atomic E-state index is -3.63. The first-order chi connectivity index (χ1) is 14.5. The molecule has 0 saturated carbocycles. The number of benzene rings is 2. The smallest absolute Gasteiger partial charge is 0.261 e. The lowest BCUT2D eigenvalue weighted by molar-refractivity contribution is 0.601. The largest absolute Gasteiger partial charge is 0.355 e. The first kappa shape index (κ1) is 20.8. The molecule has 1 saturated heterocycles. The molecule has 8 heteroatoms. The van der Waals surface area contributed by atoms with Crippen molar-refractivity contribution in [2.75, 3.05) is 22.7 Å². The minimum absolute atomic E-state index is 0.213. The van der Waals surface area contributed by atoms with Crippen molar-refractivity contribution in [3.05, 3.63) is 65.1 Å². The molecule has 0 amide bonds. The third-order valence-electron chi connectivity index (χ3n) is 5.14. The number of anilines is 2. The molecule has 1 N–H and O–H groups in total. The summed E-state index contributed by atoms with van der Waals surface area (Å²) in [5, 5.41) is 8.79. The summed E-state index contributed by atoms with van der Waals surface area (Å²) in [4.78, 5) is 2.51. The van der Waals surface area contributed by atoms with E-state index in [4.69, 9.17) is 0 Å². The first-order valence-electron chi connectivity index (χ1n) is 9.99. The molecule has 2 aromatic carbocycles. The highest BCUT2D eigenvalue weighted by Gasteiger charge is 2.15. The van der Waals surface area contributed by atoms with E-state index in [1.165, 1.54) is 25.7 Å². The maximum atomic E-state index is 12.5. The minimum Gasteiger partial charge on any atom is -0.355 e. The Kier molecular flexibility index (Phi) is 6.34. The molecule has 1 aliphatic heterocycles. The zero-order valence-corrected chi connectivity index (χ0v) is 18.9. The summed E-state index contributed by atoms with van der Waals surface area (Å²) in [7, 11) is -3.63. The molecule has 0 aliphatic carbocycles. The number of aromatic nitrogens is 2. The average Bonchev–Trinajstić information content (AvgIpc) is 3.04. The summed E-state index contributed by atoms with van der Waals surface area (Å²) in [6, 6.07) is 17.6. The van der Waals surface area contributed by atoms with Crippen LogP contribution in [-0.4, -0.2) is 31.7 Å². The van der Waals surface area contributed by atoms with E-state index >= 15 is 0 Å². The zero-order valence-electron chi connectivity index (χ0n) is 16.5. The average molecular weight is 487 g/mol. The van der Waals surface area contributed by atoms with Crippen LogP contribution in [0.2, 0.25) is 0 Å². The molecule has 6 nitrogen and oxygen atoms in total. The normalized spacial score (nSPS) is 14.9. The first-order valence-corrected chi connectivity index (χ1v) is 12.3. The predicted octanol–water partition coefficient (Wildman–Crippen LogP) is 5.09. The van der Waals surface area contributed by atoms with Crippen molar-refractivity contribution < 1.29 is 8.42 Å².